The van der Waals surface area contributed by atoms with Crippen molar-refractivity contribution in [3.63, 3.8) is 0 Å². The van der Waals surface area contributed by atoms with Crippen molar-refractivity contribution in [3.05, 3.63) is 48.0 Å². The van der Waals surface area contributed by atoms with Gasteiger partial charge in [-0.15, -0.1) is 0 Å². The Morgan fingerprint density at radius 1 is 1.26 bits per heavy atom. The number of nitrogens with zero attached hydrogens (tertiary/aromatic N) is 3. The molecule has 0 aliphatic carbocycles. The first-order valence-corrected chi connectivity index (χ1v) is 6.49. The van der Waals surface area contributed by atoms with Crippen LogP contribution in [-0.2, 0) is 13.5 Å². The van der Waals surface area contributed by atoms with Gasteiger partial charge < -0.3 is 14.6 Å². The van der Waals surface area contributed by atoms with Crippen LogP contribution in [0.15, 0.2) is 36.7 Å². The van der Waals surface area contributed by atoms with Gasteiger partial charge in [0.1, 0.15) is 5.82 Å². The molecule has 0 bridgehead atoms. The molecule has 102 valence electrons. The molecule has 4 heteroatoms. The monoisotopic (exact) mass is 259 g/mol. The summed E-state index contributed by atoms with van der Waals surface area (Å²) in [6.45, 7) is 0. The maximum Gasteiger partial charge on any atom is 0.108 e. The van der Waals surface area contributed by atoms with Gasteiger partial charge in [-0.05, 0) is 24.1 Å². The zero-order valence-electron chi connectivity index (χ0n) is 11.7. The molecular formula is C15H21N3O. The van der Waals surface area contributed by atoms with Crippen LogP contribution in [0.4, 0.5) is 5.69 Å². The Bertz CT molecular complexity index is 516. The summed E-state index contributed by atoms with van der Waals surface area (Å²) in [5, 5.41) is 10.2. The fourth-order valence-electron chi connectivity index (χ4n) is 2.06. The molecule has 1 heterocycles. The van der Waals surface area contributed by atoms with E-state index >= 15 is 0 Å². The molecule has 1 aromatic heterocycles. The van der Waals surface area contributed by atoms with Crippen LogP contribution in [0.5, 0.6) is 0 Å². The van der Waals surface area contributed by atoms with Crippen LogP contribution >= 0.6 is 0 Å². The van der Waals surface area contributed by atoms with Crippen LogP contribution in [0.1, 0.15) is 23.9 Å². The van der Waals surface area contributed by atoms with Gasteiger partial charge in [0.05, 0.1) is 6.10 Å². The summed E-state index contributed by atoms with van der Waals surface area (Å²) in [5.41, 5.74) is 2.10. The van der Waals surface area contributed by atoms with Crippen molar-refractivity contribution in [1.82, 2.24) is 9.55 Å². The highest BCUT2D eigenvalue weighted by Crippen LogP contribution is 2.21. The second kappa shape index (κ2) is 5.89. The second-order valence-electron chi connectivity index (χ2n) is 4.99. The zero-order chi connectivity index (χ0) is 13.8. The van der Waals surface area contributed by atoms with Crippen molar-refractivity contribution in [3.8, 4) is 0 Å². The Balaban J connectivity index is 1.96. The lowest BCUT2D eigenvalue weighted by Gasteiger charge is -2.15. The number of imidazole rings is 1. The quantitative estimate of drug-likeness (QED) is 0.894. The predicted molar refractivity (Wildman–Crippen MR) is 77.3 cm³/mol. The first-order chi connectivity index (χ1) is 9.08. The van der Waals surface area contributed by atoms with E-state index in [0.29, 0.717) is 6.42 Å². The second-order valence-corrected chi connectivity index (χ2v) is 4.99. The molecule has 0 aliphatic rings. The highest BCUT2D eigenvalue weighted by Gasteiger charge is 2.09. The first kappa shape index (κ1) is 13.6. The number of aliphatic hydroxyl groups is 1. The van der Waals surface area contributed by atoms with E-state index in [-0.39, 0.29) is 0 Å². The summed E-state index contributed by atoms with van der Waals surface area (Å²) >= 11 is 0. The molecule has 0 spiro atoms. The number of rotatable bonds is 5. The third-order valence-electron chi connectivity index (χ3n) is 3.36. The molecule has 1 unspecified atom stereocenters. The summed E-state index contributed by atoms with van der Waals surface area (Å²) in [5.74, 6) is 1.00. The molecule has 0 radical (unpaired) electrons. The molecule has 0 saturated heterocycles. The highest BCUT2D eigenvalue weighted by molar-refractivity contribution is 5.46. The van der Waals surface area contributed by atoms with E-state index in [0.717, 1.165) is 23.5 Å². The van der Waals surface area contributed by atoms with Gasteiger partial charge in [0, 0.05) is 45.6 Å². The van der Waals surface area contributed by atoms with Gasteiger partial charge in [0.15, 0.2) is 0 Å². The lowest BCUT2D eigenvalue weighted by molar-refractivity contribution is 0.167. The van der Waals surface area contributed by atoms with E-state index in [1.807, 2.05) is 61.1 Å². The van der Waals surface area contributed by atoms with Gasteiger partial charge in [-0.3, -0.25) is 0 Å². The molecule has 0 aliphatic heterocycles. The Hall–Kier alpha value is -1.81. The first-order valence-electron chi connectivity index (χ1n) is 6.49. The average Bonchev–Trinajstić information content (AvgIpc) is 2.81. The lowest BCUT2D eigenvalue weighted by atomic mass is 10.0. The smallest absolute Gasteiger partial charge is 0.108 e. The number of anilines is 1. The number of hydrogen-bond donors (Lipinski definition) is 1. The summed E-state index contributed by atoms with van der Waals surface area (Å²) in [7, 11) is 5.99. The van der Waals surface area contributed by atoms with Crippen molar-refractivity contribution in [2.24, 2.45) is 7.05 Å². The van der Waals surface area contributed by atoms with Gasteiger partial charge in [0.2, 0.25) is 0 Å². The largest absolute Gasteiger partial charge is 0.388 e. The lowest BCUT2D eigenvalue weighted by Crippen LogP contribution is -2.09. The molecule has 1 N–H and O–H groups in total. The van der Waals surface area contributed by atoms with Crippen LogP contribution in [0.3, 0.4) is 0 Å². The third kappa shape index (κ3) is 3.35. The summed E-state index contributed by atoms with van der Waals surface area (Å²) in [6, 6.07) is 8.02. The highest BCUT2D eigenvalue weighted by atomic mass is 16.3. The molecule has 0 saturated carbocycles. The topological polar surface area (TPSA) is 41.3 Å². The summed E-state index contributed by atoms with van der Waals surface area (Å²) in [6.07, 6.45) is 4.74. The van der Waals surface area contributed by atoms with E-state index in [9.17, 15) is 5.11 Å². The molecular weight excluding hydrogens is 238 g/mol. The van der Waals surface area contributed by atoms with E-state index in [2.05, 4.69) is 4.98 Å². The predicted octanol–water partition coefficient (Wildman–Crippen LogP) is 2.15. The van der Waals surface area contributed by atoms with Gasteiger partial charge in [-0.2, -0.15) is 0 Å². The molecule has 2 rings (SSSR count). The summed E-state index contributed by atoms with van der Waals surface area (Å²) < 4.78 is 1.99. The van der Waals surface area contributed by atoms with Gasteiger partial charge >= 0.3 is 0 Å². The average molecular weight is 259 g/mol. The van der Waals surface area contributed by atoms with Crippen molar-refractivity contribution >= 4 is 5.69 Å². The van der Waals surface area contributed by atoms with Crippen LogP contribution < -0.4 is 4.90 Å². The SMILES string of the molecule is CN(C)c1ccc(C(O)CCc2nccn2C)cc1. The van der Waals surface area contributed by atoms with Crippen LogP contribution in [0.25, 0.3) is 0 Å². The number of aromatic nitrogens is 2. The number of aryl methyl sites for hydroxylation is 2. The molecule has 4 nitrogen and oxygen atoms in total. The maximum atomic E-state index is 10.2. The number of benzene rings is 1. The van der Waals surface area contributed by atoms with Crippen molar-refractivity contribution < 1.29 is 5.11 Å². The number of hydrogen-bond acceptors (Lipinski definition) is 3. The van der Waals surface area contributed by atoms with E-state index < -0.39 is 6.10 Å². The van der Waals surface area contributed by atoms with E-state index in [1.54, 1.807) is 6.20 Å². The number of aliphatic hydroxyl groups excluding tert-OH is 1. The fourth-order valence-corrected chi connectivity index (χ4v) is 2.06. The molecule has 0 amide bonds. The Labute approximate surface area is 114 Å². The van der Waals surface area contributed by atoms with Gasteiger partial charge in [-0.1, -0.05) is 12.1 Å². The Morgan fingerprint density at radius 3 is 2.47 bits per heavy atom. The molecule has 1 atom stereocenters. The minimum atomic E-state index is -0.437. The molecule has 2 aromatic rings. The molecule has 19 heavy (non-hydrogen) atoms. The summed E-state index contributed by atoms with van der Waals surface area (Å²) in [4.78, 5) is 6.31. The van der Waals surface area contributed by atoms with Crippen molar-refractivity contribution in [2.45, 2.75) is 18.9 Å². The van der Waals surface area contributed by atoms with Crippen LogP contribution in [0, 0.1) is 0 Å². The van der Waals surface area contributed by atoms with Crippen LogP contribution in [-0.4, -0.2) is 28.8 Å². The maximum absolute atomic E-state index is 10.2. The standard InChI is InChI=1S/C15H21N3O/c1-17(2)13-6-4-12(5-7-13)14(19)8-9-15-16-10-11-18(15)3/h4-7,10-11,14,19H,8-9H2,1-3H3. The minimum absolute atomic E-state index is 0.437. The third-order valence-corrected chi connectivity index (χ3v) is 3.36. The fraction of sp³-hybridized carbons (Fsp3) is 0.400. The van der Waals surface area contributed by atoms with Crippen LogP contribution in [0.2, 0.25) is 0 Å². The van der Waals surface area contributed by atoms with Gasteiger partial charge in [-0.25, -0.2) is 4.98 Å². The Kier molecular flexibility index (Phi) is 4.22. The van der Waals surface area contributed by atoms with E-state index in [4.69, 9.17) is 0 Å². The minimum Gasteiger partial charge on any atom is -0.388 e. The Morgan fingerprint density at radius 2 is 1.95 bits per heavy atom. The molecule has 0 fully saturated rings. The normalized spacial score (nSPS) is 12.4. The zero-order valence-corrected chi connectivity index (χ0v) is 11.7. The van der Waals surface area contributed by atoms with Gasteiger partial charge in [0.25, 0.3) is 0 Å². The van der Waals surface area contributed by atoms with E-state index in [1.165, 1.54) is 0 Å². The van der Waals surface area contributed by atoms with Crippen molar-refractivity contribution in [1.29, 1.82) is 0 Å². The molecule has 1 aromatic carbocycles. The van der Waals surface area contributed by atoms with Crippen molar-refractivity contribution in [2.75, 3.05) is 19.0 Å².